The largest absolute Gasteiger partial charge is 0.493 e. The molecule has 2 aromatic carbocycles. The van der Waals surface area contributed by atoms with Gasteiger partial charge in [0.2, 0.25) is 5.91 Å². The Morgan fingerprint density at radius 3 is 2.62 bits per heavy atom. The Morgan fingerprint density at radius 2 is 1.85 bits per heavy atom. The molecule has 4 rings (SSSR count). The van der Waals surface area contributed by atoms with Gasteiger partial charge >= 0.3 is 6.09 Å². The van der Waals surface area contributed by atoms with Crippen molar-refractivity contribution >= 4 is 12.0 Å². The maximum Gasteiger partial charge on any atom is 0.411 e. The monoisotopic (exact) mass is 468 g/mol. The van der Waals surface area contributed by atoms with E-state index in [9.17, 15) is 9.59 Å². The molecular weight excluding hydrogens is 436 g/mol. The van der Waals surface area contributed by atoms with Gasteiger partial charge in [-0.05, 0) is 49.3 Å². The van der Waals surface area contributed by atoms with E-state index in [1.807, 2.05) is 42.5 Å². The number of nitrogens with one attached hydrogen (secondary N) is 1. The molecule has 0 saturated carbocycles. The normalized spacial score (nSPS) is 21.8. The van der Waals surface area contributed by atoms with Crippen LogP contribution in [0.15, 0.2) is 48.5 Å². The molecule has 3 atom stereocenters. The van der Waals surface area contributed by atoms with Crippen LogP contribution in [0.3, 0.4) is 0 Å². The summed E-state index contributed by atoms with van der Waals surface area (Å²) in [6, 6.07) is 14.5. The van der Waals surface area contributed by atoms with Crippen molar-refractivity contribution in [1.29, 1.82) is 0 Å². The number of nitrogens with zero attached hydrogens (tertiary/aromatic N) is 1. The van der Waals surface area contributed by atoms with E-state index in [2.05, 4.69) is 5.32 Å². The van der Waals surface area contributed by atoms with Crippen LogP contribution < -0.4 is 19.5 Å². The predicted octanol–water partition coefficient (Wildman–Crippen LogP) is 3.78. The fourth-order valence-corrected chi connectivity index (χ4v) is 4.80. The average Bonchev–Trinajstić information content (AvgIpc) is 2.96. The second kappa shape index (κ2) is 11.1. The van der Waals surface area contributed by atoms with E-state index >= 15 is 0 Å². The highest BCUT2D eigenvalue weighted by Crippen LogP contribution is 2.35. The highest BCUT2D eigenvalue weighted by Gasteiger charge is 2.44. The number of fused-ring (bicyclic) bond motifs is 2. The molecule has 0 aromatic heterocycles. The zero-order valence-corrected chi connectivity index (χ0v) is 19.7. The van der Waals surface area contributed by atoms with Gasteiger partial charge in [-0.15, -0.1) is 0 Å². The van der Waals surface area contributed by atoms with Crippen molar-refractivity contribution < 1.29 is 28.5 Å². The standard InChI is InChI=1S/C26H32N2O6/c1-31-23-9-8-21(16-24(23)32-2)33-13-11-19-14-20-10-12-27-25(29)22(15-19)28(20)26(30)34-17-18-6-4-3-5-7-18/h3-9,16,19-20,22H,10-15,17H2,1-2H3,(H,27,29). The van der Waals surface area contributed by atoms with Crippen LogP contribution in [0.5, 0.6) is 17.2 Å². The minimum Gasteiger partial charge on any atom is -0.493 e. The lowest BCUT2D eigenvalue weighted by molar-refractivity contribution is -0.127. The number of amides is 2. The number of methoxy groups -OCH3 is 2. The lowest BCUT2D eigenvalue weighted by atomic mass is 9.83. The van der Waals surface area contributed by atoms with Crippen molar-refractivity contribution in [3.63, 3.8) is 0 Å². The zero-order chi connectivity index (χ0) is 23.9. The molecule has 2 amide bonds. The fraction of sp³-hybridized carbons (Fsp3) is 0.462. The first kappa shape index (κ1) is 23.7. The summed E-state index contributed by atoms with van der Waals surface area (Å²) in [5, 5.41) is 2.96. The highest BCUT2D eigenvalue weighted by atomic mass is 16.6. The van der Waals surface area contributed by atoms with Gasteiger partial charge in [-0.2, -0.15) is 0 Å². The summed E-state index contributed by atoms with van der Waals surface area (Å²) in [7, 11) is 3.19. The van der Waals surface area contributed by atoms with Gasteiger partial charge in [-0.25, -0.2) is 4.79 Å². The van der Waals surface area contributed by atoms with Crippen molar-refractivity contribution in [2.45, 2.75) is 44.4 Å². The fourth-order valence-electron chi connectivity index (χ4n) is 4.80. The average molecular weight is 469 g/mol. The molecule has 8 nitrogen and oxygen atoms in total. The summed E-state index contributed by atoms with van der Waals surface area (Å²) in [6.07, 6.45) is 2.51. The number of hydrogen-bond donors (Lipinski definition) is 1. The van der Waals surface area contributed by atoms with Crippen LogP contribution in [-0.2, 0) is 16.1 Å². The van der Waals surface area contributed by atoms with Crippen molar-refractivity contribution in [2.24, 2.45) is 5.92 Å². The number of rotatable bonds is 8. The first-order valence-corrected chi connectivity index (χ1v) is 11.7. The van der Waals surface area contributed by atoms with Crippen molar-refractivity contribution in [3.05, 3.63) is 54.1 Å². The Morgan fingerprint density at radius 1 is 1.06 bits per heavy atom. The minimum atomic E-state index is -0.518. The van der Waals surface area contributed by atoms with Crippen LogP contribution >= 0.6 is 0 Å². The predicted molar refractivity (Wildman–Crippen MR) is 126 cm³/mol. The summed E-state index contributed by atoms with van der Waals surface area (Å²) >= 11 is 0. The minimum absolute atomic E-state index is 0.0351. The molecule has 2 bridgehead atoms. The Hall–Kier alpha value is -3.42. The molecular formula is C26H32N2O6. The van der Waals surface area contributed by atoms with Crippen LogP contribution in [0, 0.1) is 5.92 Å². The molecule has 0 spiro atoms. The molecule has 8 heteroatoms. The van der Waals surface area contributed by atoms with Gasteiger partial charge in [0.1, 0.15) is 18.4 Å². The smallest absolute Gasteiger partial charge is 0.411 e. The van der Waals surface area contributed by atoms with E-state index in [0.29, 0.717) is 36.8 Å². The van der Waals surface area contributed by atoms with Crippen LogP contribution in [0.4, 0.5) is 4.79 Å². The molecule has 0 radical (unpaired) electrons. The van der Waals surface area contributed by atoms with E-state index in [1.54, 1.807) is 25.2 Å². The molecule has 0 aliphatic carbocycles. The maximum absolute atomic E-state index is 13.0. The van der Waals surface area contributed by atoms with E-state index in [4.69, 9.17) is 18.9 Å². The van der Waals surface area contributed by atoms with Crippen molar-refractivity contribution in [2.75, 3.05) is 27.4 Å². The second-order valence-electron chi connectivity index (χ2n) is 8.69. The first-order chi connectivity index (χ1) is 16.6. The van der Waals surface area contributed by atoms with Crippen LogP contribution in [0.2, 0.25) is 0 Å². The van der Waals surface area contributed by atoms with Gasteiger partial charge in [0.15, 0.2) is 11.5 Å². The third-order valence-corrected chi connectivity index (χ3v) is 6.54. The molecule has 2 saturated heterocycles. The number of carbonyl (C=O) groups is 2. The Balaban J connectivity index is 1.35. The number of benzene rings is 2. The molecule has 182 valence electrons. The van der Waals surface area contributed by atoms with Gasteiger partial charge in [0.05, 0.1) is 20.8 Å². The number of piperidine rings is 1. The van der Waals surface area contributed by atoms with E-state index in [1.165, 1.54) is 0 Å². The Kier molecular flexibility index (Phi) is 7.77. The first-order valence-electron chi connectivity index (χ1n) is 11.7. The quantitative estimate of drug-likeness (QED) is 0.635. The van der Waals surface area contributed by atoms with Gasteiger partial charge in [0, 0.05) is 18.7 Å². The molecule has 2 heterocycles. The van der Waals surface area contributed by atoms with Crippen LogP contribution in [-0.4, -0.2) is 56.4 Å². The summed E-state index contributed by atoms with van der Waals surface area (Å²) in [4.78, 5) is 27.4. The van der Waals surface area contributed by atoms with Gasteiger partial charge < -0.3 is 24.3 Å². The zero-order valence-electron chi connectivity index (χ0n) is 19.7. The molecule has 2 fully saturated rings. The number of hydrogen-bond acceptors (Lipinski definition) is 6. The van der Waals surface area contributed by atoms with Gasteiger partial charge in [0.25, 0.3) is 0 Å². The molecule has 2 aliphatic rings. The van der Waals surface area contributed by atoms with Crippen molar-refractivity contribution in [1.82, 2.24) is 10.2 Å². The maximum atomic E-state index is 13.0. The summed E-state index contributed by atoms with van der Waals surface area (Å²) in [5.74, 6) is 2.14. The molecule has 3 unspecified atom stereocenters. The highest BCUT2D eigenvalue weighted by molar-refractivity contribution is 5.86. The SMILES string of the molecule is COc1ccc(OCCC2CC3CCNC(=O)C(C2)N3C(=O)OCc2ccccc2)cc1OC. The lowest BCUT2D eigenvalue weighted by Crippen LogP contribution is -2.55. The van der Waals surface area contributed by atoms with Crippen LogP contribution in [0.25, 0.3) is 0 Å². The lowest BCUT2D eigenvalue weighted by Gasteiger charge is -2.41. The second-order valence-corrected chi connectivity index (χ2v) is 8.69. The summed E-state index contributed by atoms with van der Waals surface area (Å²) in [5.41, 5.74) is 0.922. The van der Waals surface area contributed by atoms with Crippen LogP contribution in [0.1, 0.15) is 31.2 Å². The topological polar surface area (TPSA) is 86.3 Å². The summed E-state index contributed by atoms with van der Waals surface area (Å²) in [6.45, 7) is 1.27. The van der Waals surface area contributed by atoms with Gasteiger partial charge in [-0.3, -0.25) is 9.69 Å². The van der Waals surface area contributed by atoms with Gasteiger partial charge in [-0.1, -0.05) is 30.3 Å². The van der Waals surface area contributed by atoms with E-state index in [-0.39, 0.29) is 24.5 Å². The van der Waals surface area contributed by atoms with Crippen molar-refractivity contribution in [3.8, 4) is 17.2 Å². The third-order valence-electron chi connectivity index (χ3n) is 6.54. The summed E-state index contributed by atoms with van der Waals surface area (Å²) < 4.78 is 22.1. The van der Waals surface area contributed by atoms with E-state index < -0.39 is 12.1 Å². The molecule has 2 aromatic rings. The molecule has 2 aliphatic heterocycles. The Bertz CT molecular complexity index is 983. The number of carbonyl (C=O) groups excluding carboxylic acids is 2. The molecule has 1 N–H and O–H groups in total. The number of ether oxygens (including phenoxy) is 4. The van der Waals surface area contributed by atoms with E-state index in [0.717, 1.165) is 24.8 Å². The third kappa shape index (κ3) is 5.55. The molecule has 34 heavy (non-hydrogen) atoms. The Labute approximate surface area is 200 Å².